The van der Waals surface area contributed by atoms with Crippen molar-refractivity contribution in [2.75, 3.05) is 11.8 Å². The molecule has 12 heavy (non-hydrogen) atoms. The van der Waals surface area contributed by atoms with E-state index in [1.807, 2.05) is 0 Å². The van der Waals surface area contributed by atoms with Crippen LogP contribution in [0.1, 0.15) is 12.8 Å². The molecule has 1 N–H and O–H groups in total. The second kappa shape index (κ2) is 5.80. The predicted molar refractivity (Wildman–Crippen MR) is 50.3 cm³/mol. The quantitative estimate of drug-likeness (QED) is 0.583. The average molecular weight is 233 g/mol. The monoisotopic (exact) mass is 232 g/mol. The molecule has 0 unspecified atom stereocenters. The maximum Gasteiger partial charge on any atom is 0.290 e. The van der Waals surface area contributed by atoms with Crippen molar-refractivity contribution >= 4 is 33.3 Å². The SMILES string of the molecule is O=S(=O)(O)C(=CCCCl)CCCl. The minimum Gasteiger partial charge on any atom is -0.282 e. The van der Waals surface area contributed by atoms with E-state index in [1.54, 1.807) is 0 Å². The molecular formula is C6H10Cl2O3S. The highest BCUT2D eigenvalue weighted by molar-refractivity contribution is 7.89. The van der Waals surface area contributed by atoms with Gasteiger partial charge in [0.05, 0.1) is 4.91 Å². The van der Waals surface area contributed by atoms with Crippen molar-refractivity contribution in [3.8, 4) is 0 Å². The Morgan fingerprint density at radius 3 is 2.25 bits per heavy atom. The Bertz CT molecular complexity index is 246. The summed E-state index contributed by atoms with van der Waals surface area (Å²) in [6, 6.07) is 0. The molecule has 0 bridgehead atoms. The molecule has 3 nitrogen and oxygen atoms in total. The Kier molecular flexibility index (Phi) is 5.92. The fraction of sp³-hybridized carbons (Fsp3) is 0.667. The third-order valence-corrected chi connectivity index (χ3v) is 2.59. The van der Waals surface area contributed by atoms with Crippen LogP contribution in [0.5, 0.6) is 0 Å². The van der Waals surface area contributed by atoms with Crippen LogP contribution >= 0.6 is 23.2 Å². The van der Waals surface area contributed by atoms with Crippen LogP contribution in [0.4, 0.5) is 0 Å². The molecule has 0 amide bonds. The first-order valence-corrected chi connectivity index (χ1v) is 5.81. The summed E-state index contributed by atoms with van der Waals surface area (Å²) >= 11 is 10.7. The van der Waals surface area contributed by atoms with Gasteiger partial charge >= 0.3 is 0 Å². The van der Waals surface area contributed by atoms with E-state index >= 15 is 0 Å². The number of hydrogen-bond donors (Lipinski definition) is 1. The van der Waals surface area contributed by atoms with E-state index in [2.05, 4.69) is 0 Å². The van der Waals surface area contributed by atoms with Crippen LogP contribution in [0.2, 0.25) is 0 Å². The molecule has 0 radical (unpaired) electrons. The van der Waals surface area contributed by atoms with Crippen molar-refractivity contribution in [3.63, 3.8) is 0 Å². The Morgan fingerprint density at radius 1 is 1.33 bits per heavy atom. The molecule has 72 valence electrons. The highest BCUT2D eigenvalue weighted by Gasteiger charge is 2.11. The molecule has 0 rings (SSSR count). The normalized spacial score (nSPS) is 13.4. The van der Waals surface area contributed by atoms with Crippen LogP contribution < -0.4 is 0 Å². The lowest BCUT2D eigenvalue weighted by atomic mass is 10.3. The summed E-state index contributed by atoms with van der Waals surface area (Å²) < 4.78 is 29.9. The number of hydrogen-bond acceptors (Lipinski definition) is 2. The molecule has 0 atom stereocenters. The van der Waals surface area contributed by atoms with Gasteiger partial charge in [-0.2, -0.15) is 8.42 Å². The maximum atomic E-state index is 10.6. The fourth-order valence-corrected chi connectivity index (χ4v) is 1.76. The van der Waals surface area contributed by atoms with Crippen LogP contribution in [-0.4, -0.2) is 24.7 Å². The van der Waals surface area contributed by atoms with Gasteiger partial charge in [-0.1, -0.05) is 6.08 Å². The van der Waals surface area contributed by atoms with E-state index in [0.29, 0.717) is 12.3 Å². The zero-order valence-electron chi connectivity index (χ0n) is 6.33. The van der Waals surface area contributed by atoms with Crippen molar-refractivity contribution in [2.45, 2.75) is 12.8 Å². The fourth-order valence-electron chi connectivity index (χ4n) is 0.645. The highest BCUT2D eigenvalue weighted by atomic mass is 35.5. The minimum atomic E-state index is -4.08. The summed E-state index contributed by atoms with van der Waals surface area (Å²) in [4.78, 5) is -0.0573. The number of halogens is 2. The van der Waals surface area contributed by atoms with E-state index in [-0.39, 0.29) is 17.2 Å². The van der Waals surface area contributed by atoms with E-state index in [9.17, 15) is 8.42 Å². The van der Waals surface area contributed by atoms with Gasteiger partial charge in [-0.15, -0.1) is 23.2 Å². The van der Waals surface area contributed by atoms with Gasteiger partial charge in [-0.3, -0.25) is 4.55 Å². The van der Waals surface area contributed by atoms with Gasteiger partial charge in [-0.25, -0.2) is 0 Å². The predicted octanol–water partition coefficient (Wildman–Crippen LogP) is 2.02. The second-order valence-electron chi connectivity index (χ2n) is 2.06. The van der Waals surface area contributed by atoms with Gasteiger partial charge < -0.3 is 0 Å². The van der Waals surface area contributed by atoms with Crippen molar-refractivity contribution in [1.82, 2.24) is 0 Å². The van der Waals surface area contributed by atoms with E-state index in [0.717, 1.165) is 0 Å². The van der Waals surface area contributed by atoms with Crippen molar-refractivity contribution in [3.05, 3.63) is 11.0 Å². The average Bonchev–Trinajstić information content (AvgIpc) is 1.95. The summed E-state index contributed by atoms with van der Waals surface area (Å²) in [5, 5.41) is 0. The van der Waals surface area contributed by atoms with Gasteiger partial charge in [0.1, 0.15) is 0 Å². The molecule has 6 heteroatoms. The standard InChI is InChI=1S/C6H10Cl2O3S/c7-4-1-2-6(3-5-8)12(9,10)11/h2H,1,3-5H2,(H,9,10,11). The lowest BCUT2D eigenvalue weighted by molar-refractivity contribution is 0.489. The first-order chi connectivity index (χ1) is 5.52. The summed E-state index contributed by atoms with van der Waals surface area (Å²) in [6.07, 6.45) is 1.93. The van der Waals surface area contributed by atoms with Gasteiger partial charge in [0.15, 0.2) is 0 Å². The maximum absolute atomic E-state index is 10.6. The highest BCUT2D eigenvalue weighted by Crippen LogP contribution is 2.11. The minimum absolute atomic E-state index is 0.0573. The lowest BCUT2D eigenvalue weighted by Gasteiger charge is -1.99. The molecule has 0 aromatic carbocycles. The molecule has 0 heterocycles. The molecule has 0 aliphatic heterocycles. The zero-order valence-corrected chi connectivity index (χ0v) is 8.66. The third-order valence-electron chi connectivity index (χ3n) is 1.15. The summed E-state index contributed by atoms with van der Waals surface area (Å²) in [5.41, 5.74) is 0. The van der Waals surface area contributed by atoms with Gasteiger partial charge in [0.2, 0.25) is 0 Å². The summed E-state index contributed by atoms with van der Waals surface area (Å²) in [6.45, 7) is 0. The Labute approximate surface area is 82.1 Å². The van der Waals surface area contributed by atoms with E-state index in [1.165, 1.54) is 6.08 Å². The molecule has 0 saturated carbocycles. The molecule has 0 fully saturated rings. The number of allylic oxidation sites excluding steroid dienone is 2. The smallest absolute Gasteiger partial charge is 0.282 e. The van der Waals surface area contributed by atoms with Gasteiger partial charge in [0.25, 0.3) is 10.1 Å². The Hall–Kier alpha value is 0.230. The Balaban J connectivity index is 4.44. The topological polar surface area (TPSA) is 54.4 Å². The molecule has 0 aromatic rings. The molecule has 0 spiro atoms. The van der Waals surface area contributed by atoms with Crippen molar-refractivity contribution in [1.29, 1.82) is 0 Å². The van der Waals surface area contributed by atoms with E-state index < -0.39 is 10.1 Å². The van der Waals surface area contributed by atoms with Crippen molar-refractivity contribution in [2.24, 2.45) is 0 Å². The molecule has 0 aliphatic rings. The molecule has 0 aromatic heterocycles. The molecule has 0 aliphatic carbocycles. The first-order valence-electron chi connectivity index (χ1n) is 3.31. The largest absolute Gasteiger partial charge is 0.290 e. The summed E-state index contributed by atoms with van der Waals surface area (Å²) in [7, 11) is -4.08. The van der Waals surface area contributed by atoms with Gasteiger partial charge in [0, 0.05) is 11.8 Å². The first kappa shape index (κ1) is 12.2. The number of alkyl halides is 2. The lowest BCUT2D eigenvalue weighted by Crippen LogP contribution is -2.02. The van der Waals surface area contributed by atoms with Crippen molar-refractivity contribution < 1.29 is 13.0 Å². The molecular weight excluding hydrogens is 223 g/mol. The molecule has 0 saturated heterocycles. The van der Waals surface area contributed by atoms with Crippen LogP contribution in [0.25, 0.3) is 0 Å². The summed E-state index contributed by atoms with van der Waals surface area (Å²) in [5.74, 6) is 0.481. The van der Waals surface area contributed by atoms with E-state index in [4.69, 9.17) is 27.8 Å². The number of rotatable bonds is 5. The third kappa shape index (κ3) is 4.98. The second-order valence-corrected chi connectivity index (χ2v) is 4.29. The van der Waals surface area contributed by atoms with Crippen LogP contribution in [-0.2, 0) is 10.1 Å². The van der Waals surface area contributed by atoms with Gasteiger partial charge in [-0.05, 0) is 12.8 Å². The zero-order chi connectivity index (χ0) is 9.61. The van der Waals surface area contributed by atoms with Crippen LogP contribution in [0.3, 0.4) is 0 Å². The van der Waals surface area contributed by atoms with Crippen LogP contribution in [0.15, 0.2) is 11.0 Å². The Morgan fingerprint density at radius 2 is 1.92 bits per heavy atom. The van der Waals surface area contributed by atoms with Crippen LogP contribution in [0, 0.1) is 0 Å².